The fourth-order valence-corrected chi connectivity index (χ4v) is 5.22. The molecular weight excluding hydrogens is 458 g/mol. The fraction of sp³-hybridized carbons (Fsp3) is 0.364. The molecular formula is C22H26ClNO5S2. The van der Waals surface area contributed by atoms with E-state index in [1.54, 1.807) is 18.2 Å². The number of nitro groups is 1. The van der Waals surface area contributed by atoms with Crippen LogP contribution in [0.4, 0.5) is 0 Å². The number of nitrogens with zero attached hydrogens (tertiary/aromatic N) is 1. The van der Waals surface area contributed by atoms with Crippen LogP contribution in [-0.4, -0.2) is 29.8 Å². The standard InChI is InChI=1S/C19H16ClNO5S2.C2H6.CH4/c1-26-19(23)10-13(21(24)25)12(16-6-7-18(20)28-16)9-14(22)17-8-11-4-2-3-5-15(11)27-17;1-2;/h2-8,12-13H,9-10H2,1H3;1-2H3;1H4. The lowest BCUT2D eigenvalue weighted by Crippen LogP contribution is -2.31. The van der Waals surface area contributed by atoms with Crippen LogP contribution < -0.4 is 0 Å². The van der Waals surface area contributed by atoms with Gasteiger partial charge in [0.2, 0.25) is 6.04 Å². The van der Waals surface area contributed by atoms with Gasteiger partial charge in [0, 0.05) is 20.9 Å². The van der Waals surface area contributed by atoms with Crippen LogP contribution in [0.15, 0.2) is 42.5 Å². The number of methoxy groups -OCH3 is 1. The van der Waals surface area contributed by atoms with Crippen LogP contribution in [0, 0.1) is 10.1 Å². The third kappa shape index (κ3) is 6.85. The maximum atomic E-state index is 12.9. The topological polar surface area (TPSA) is 86.5 Å². The quantitative estimate of drug-likeness (QED) is 0.151. The van der Waals surface area contributed by atoms with Crippen molar-refractivity contribution in [3.63, 3.8) is 0 Å². The van der Waals surface area contributed by atoms with Gasteiger partial charge in [-0.3, -0.25) is 19.7 Å². The number of hydrogen-bond acceptors (Lipinski definition) is 7. The van der Waals surface area contributed by atoms with Gasteiger partial charge < -0.3 is 4.74 Å². The predicted molar refractivity (Wildman–Crippen MR) is 128 cm³/mol. The molecule has 0 aliphatic rings. The molecule has 0 N–H and O–H groups in total. The van der Waals surface area contributed by atoms with Gasteiger partial charge in [-0.05, 0) is 29.7 Å². The van der Waals surface area contributed by atoms with Crippen LogP contribution in [0.2, 0.25) is 4.34 Å². The molecule has 9 heteroatoms. The van der Waals surface area contributed by atoms with E-state index in [0.29, 0.717) is 14.1 Å². The zero-order chi connectivity index (χ0) is 22.3. The Hall–Kier alpha value is -2.29. The molecule has 0 radical (unpaired) electrons. The molecule has 2 atom stereocenters. The monoisotopic (exact) mass is 483 g/mol. The molecule has 31 heavy (non-hydrogen) atoms. The Morgan fingerprint density at radius 2 is 1.81 bits per heavy atom. The summed E-state index contributed by atoms with van der Waals surface area (Å²) < 4.78 is 6.04. The number of benzene rings is 1. The first-order valence-corrected chi connectivity index (χ1v) is 11.4. The lowest BCUT2D eigenvalue weighted by Gasteiger charge is -2.18. The molecule has 6 nitrogen and oxygen atoms in total. The van der Waals surface area contributed by atoms with Gasteiger partial charge in [0.05, 0.1) is 22.2 Å². The first-order chi connectivity index (χ1) is 14.4. The Kier molecular flexibility index (Phi) is 10.8. The van der Waals surface area contributed by atoms with Gasteiger partial charge in [0.1, 0.15) is 6.42 Å². The van der Waals surface area contributed by atoms with Crippen LogP contribution in [0.3, 0.4) is 0 Å². The van der Waals surface area contributed by atoms with Gasteiger partial charge in [0.15, 0.2) is 5.78 Å². The Labute approximate surface area is 195 Å². The highest BCUT2D eigenvalue weighted by Crippen LogP contribution is 2.37. The zero-order valence-electron chi connectivity index (χ0n) is 16.8. The first kappa shape index (κ1) is 26.7. The summed E-state index contributed by atoms with van der Waals surface area (Å²) in [6.45, 7) is 4.00. The van der Waals surface area contributed by atoms with Crippen molar-refractivity contribution >= 4 is 56.1 Å². The molecule has 2 heterocycles. The summed E-state index contributed by atoms with van der Waals surface area (Å²) in [6, 6.07) is 11.4. The molecule has 0 bridgehead atoms. The van der Waals surface area contributed by atoms with Crippen LogP contribution in [0.5, 0.6) is 0 Å². The lowest BCUT2D eigenvalue weighted by molar-refractivity contribution is -0.525. The van der Waals surface area contributed by atoms with Crippen molar-refractivity contribution in [2.75, 3.05) is 7.11 Å². The number of hydrogen-bond donors (Lipinski definition) is 0. The number of esters is 1. The van der Waals surface area contributed by atoms with Crippen molar-refractivity contribution in [2.45, 2.75) is 46.1 Å². The van der Waals surface area contributed by atoms with Gasteiger partial charge >= 0.3 is 5.97 Å². The number of Topliss-reactive ketones (excluding diaryl/α,β-unsaturated/α-hetero) is 1. The third-order valence-electron chi connectivity index (χ3n) is 4.40. The number of ketones is 1. The average molecular weight is 484 g/mol. The number of rotatable bonds is 8. The van der Waals surface area contributed by atoms with Crippen molar-refractivity contribution in [2.24, 2.45) is 0 Å². The SMILES string of the molecule is C.CC.COC(=O)CC(C(CC(=O)c1cc2ccccc2s1)c1ccc(Cl)s1)[N+](=O)[O-]. The van der Waals surface area contributed by atoms with E-state index in [4.69, 9.17) is 11.6 Å². The summed E-state index contributed by atoms with van der Waals surface area (Å²) in [6.07, 6.45) is -0.504. The van der Waals surface area contributed by atoms with Gasteiger partial charge in [0.25, 0.3) is 0 Å². The summed E-state index contributed by atoms with van der Waals surface area (Å²) >= 11 is 8.53. The van der Waals surface area contributed by atoms with E-state index < -0.39 is 29.3 Å². The summed E-state index contributed by atoms with van der Waals surface area (Å²) in [4.78, 5) is 36.9. The van der Waals surface area contributed by atoms with Crippen molar-refractivity contribution in [1.82, 2.24) is 0 Å². The van der Waals surface area contributed by atoms with E-state index in [1.807, 2.05) is 38.1 Å². The largest absolute Gasteiger partial charge is 0.469 e. The van der Waals surface area contributed by atoms with Crippen molar-refractivity contribution in [3.05, 3.63) is 66.7 Å². The van der Waals surface area contributed by atoms with Gasteiger partial charge in [-0.15, -0.1) is 22.7 Å². The molecule has 0 saturated carbocycles. The number of carbonyl (C=O) groups is 2. The Morgan fingerprint density at radius 1 is 1.13 bits per heavy atom. The number of ether oxygens (including phenoxy) is 1. The van der Waals surface area contributed by atoms with Gasteiger partial charge in [-0.1, -0.05) is 51.1 Å². The lowest BCUT2D eigenvalue weighted by atomic mass is 9.90. The van der Waals surface area contributed by atoms with E-state index in [-0.39, 0.29) is 19.6 Å². The van der Waals surface area contributed by atoms with Crippen molar-refractivity contribution < 1.29 is 19.2 Å². The Balaban J connectivity index is 0.00000156. The summed E-state index contributed by atoms with van der Waals surface area (Å²) in [5.41, 5.74) is 0. The fourth-order valence-electron chi connectivity index (χ4n) is 2.99. The Morgan fingerprint density at radius 3 is 2.35 bits per heavy atom. The van der Waals surface area contributed by atoms with E-state index in [0.717, 1.165) is 10.1 Å². The summed E-state index contributed by atoms with van der Waals surface area (Å²) in [5, 5.41) is 12.6. The molecule has 0 amide bonds. The number of carbonyl (C=O) groups excluding carboxylic acids is 2. The molecule has 3 rings (SSSR count). The predicted octanol–water partition coefficient (Wildman–Crippen LogP) is 6.84. The Bertz CT molecular complexity index is 997. The molecule has 0 fully saturated rings. The maximum absolute atomic E-state index is 12.9. The second-order valence-electron chi connectivity index (χ2n) is 6.16. The van der Waals surface area contributed by atoms with E-state index in [1.165, 1.54) is 29.8 Å². The highest BCUT2D eigenvalue weighted by atomic mass is 35.5. The number of halogens is 1. The number of fused-ring (bicyclic) bond motifs is 1. The van der Waals surface area contributed by atoms with Gasteiger partial charge in [-0.25, -0.2) is 0 Å². The minimum absolute atomic E-state index is 0. The molecule has 3 aromatic rings. The molecule has 0 saturated heterocycles. The average Bonchev–Trinajstić information content (AvgIpc) is 3.37. The second-order valence-corrected chi connectivity index (χ2v) is 8.99. The summed E-state index contributed by atoms with van der Waals surface area (Å²) in [5.74, 6) is -1.67. The normalized spacial score (nSPS) is 12.1. The van der Waals surface area contributed by atoms with E-state index >= 15 is 0 Å². The smallest absolute Gasteiger partial charge is 0.312 e. The molecule has 0 spiro atoms. The highest BCUT2D eigenvalue weighted by Gasteiger charge is 2.38. The van der Waals surface area contributed by atoms with Gasteiger partial charge in [-0.2, -0.15) is 0 Å². The maximum Gasteiger partial charge on any atom is 0.312 e. The van der Waals surface area contributed by atoms with Crippen LogP contribution in [0.25, 0.3) is 10.1 Å². The molecule has 168 valence electrons. The minimum atomic E-state index is -1.28. The molecule has 0 aliphatic carbocycles. The molecule has 2 unspecified atom stereocenters. The highest BCUT2D eigenvalue weighted by molar-refractivity contribution is 7.20. The molecule has 2 aromatic heterocycles. The zero-order valence-corrected chi connectivity index (χ0v) is 19.2. The van der Waals surface area contributed by atoms with Crippen LogP contribution >= 0.6 is 34.3 Å². The van der Waals surface area contributed by atoms with E-state index in [2.05, 4.69) is 4.74 Å². The summed E-state index contributed by atoms with van der Waals surface area (Å²) in [7, 11) is 1.18. The van der Waals surface area contributed by atoms with Crippen molar-refractivity contribution in [3.8, 4) is 0 Å². The van der Waals surface area contributed by atoms with Crippen molar-refractivity contribution in [1.29, 1.82) is 0 Å². The molecule has 1 aromatic carbocycles. The third-order valence-corrected chi connectivity index (χ3v) is 6.92. The second kappa shape index (κ2) is 12.5. The first-order valence-electron chi connectivity index (χ1n) is 9.36. The van der Waals surface area contributed by atoms with Crippen LogP contribution in [-0.2, 0) is 9.53 Å². The number of thiophene rings is 2. The minimum Gasteiger partial charge on any atom is -0.469 e. The van der Waals surface area contributed by atoms with Crippen LogP contribution in [0.1, 0.15) is 54.6 Å². The van der Waals surface area contributed by atoms with E-state index in [9.17, 15) is 19.7 Å². The molecule has 0 aliphatic heterocycles.